The Labute approximate surface area is 237 Å². The van der Waals surface area contributed by atoms with Crippen molar-refractivity contribution in [1.82, 2.24) is 9.55 Å². The Kier molecular flexibility index (Phi) is 6.52. The van der Waals surface area contributed by atoms with Crippen LogP contribution in [0.5, 0.6) is 5.75 Å². The van der Waals surface area contributed by atoms with Gasteiger partial charge in [0.05, 0.1) is 22.6 Å². The second-order valence-electron chi connectivity index (χ2n) is 13.5. The standard InChI is InChI=1S/C35H41N3O2/c1-34(2,3)25-19-23(18-24(20-25)33-36-28(21-40-33)22-12-7-8-13-22)26-15-11-16-29-31(26)37-32(38(29)35(4,5)6)27-14-9-10-17-30(27)39/h9-11,14-20,22,28,39H,7-8,12-13,21H2,1-6H3/t28-/m1/s1. The number of rotatable bonds is 4. The molecule has 5 nitrogen and oxygen atoms in total. The topological polar surface area (TPSA) is 59.6 Å². The first-order valence-electron chi connectivity index (χ1n) is 14.7. The molecule has 2 aliphatic rings. The van der Waals surface area contributed by atoms with Crippen molar-refractivity contribution in [1.29, 1.82) is 0 Å². The molecule has 0 saturated heterocycles. The Hall–Kier alpha value is -3.60. The maximum atomic E-state index is 10.8. The summed E-state index contributed by atoms with van der Waals surface area (Å²) in [5.41, 5.74) is 6.85. The Balaban J connectivity index is 1.54. The first-order valence-corrected chi connectivity index (χ1v) is 14.7. The fourth-order valence-electron chi connectivity index (χ4n) is 6.33. The molecule has 1 fully saturated rings. The van der Waals surface area contributed by atoms with Crippen LogP contribution in [0.25, 0.3) is 33.5 Å². The van der Waals surface area contributed by atoms with Crippen LogP contribution in [0.1, 0.15) is 78.4 Å². The van der Waals surface area contributed by atoms with Gasteiger partial charge in [-0.3, -0.25) is 0 Å². The van der Waals surface area contributed by atoms with Gasteiger partial charge in [-0.2, -0.15) is 0 Å². The molecule has 1 aliphatic carbocycles. The Morgan fingerprint density at radius 1 is 0.850 bits per heavy atom. The molecule has 0 unspecified atom stereocenters. The zero-order valence-electron chi connectivity index (χ0n) is 24.7. The third kappa shape index (κ3) is 4.80. The summed E-state index contributed by atoms with van der Waals surface area (Å²) in [6.07, 6.45) is 5.14. The molecule has 2 heterocycles. The number of aromatic nitrogens is 2. The number of phenols is 1. The summed E-state index contributed by atoms with van der Waals surface area (Å²) in [4.78, 5) is 10.3. The van der Waals surface area contributed by atoms with Crippen LogP contribution in [0.15, 0.2) is 65.7 Å². The first kappa shape index (κ1) is 26.6. The molecule has 40 heavy (non-hydrogen) atoms. The van der Waals surface area contributed by atoms with Crippen LogP contribution in [0, 0.1) is 5.92 Å². The van der Waals surface area contributed by atoms with Gasteiger partial charge in [0.15, 0.2) is 0 Å². The molecule has 5 heteroatoms. The molecule has 208 valence electrons. The third-order valence-electron chi connectivity index (χ3n) is 8.48. The summed E-state index contributed by atoms with van der Waals surface area (Å²) in [6, 6.07) is 20.9. The van der Waals surface area contributed by atoms with Gasteiger partial charge in [0.2, 0.25) is 5.90 Å². The predicted molar refractivity (Wildman–Crippen MR) is 164 cm³/mol. The number of ether oxygens (including phenoxy) is 1. The summed E-state index contributed by atoms with van der Waals surface area (Å²) in [6.45, 7) is 14.0. The molecule has 6 rings (SSSR count). The number of nitrogens with zero attached hydrogens (tertiary/aromatic N) is 3. The number of aliphatic imine (C=N–C) groups is 1. The molecule has 0 bridgehead atoms. The van der Waals surface area contributed by atoms with Gasteiger partial charge in [-0.05, 0) is 86.4 Å². The van der Waals surface area contributed by atoms with Crippen molar-refractivity contribution in [3.8, 4) is 28.3 Å². The highest BCUT2D eigenvalue weighted by Gasteiger charge is 2.31. The largest absolute Gasteiger partial charge is 0.507 e. The van der Waals surface area contributed by atoms with Crippen LogP contribution in [-0.4, -0.2) is 33.2 Å². The lowest BCUT2D eigenvalue weighted by Gasteiger charge is -2.25. The normalized spacial score (nSPS) is 18.4. The number of aromatic hydroxyl groups is 1. The summed E-state index contributed by atoms with van der Waals surface area (Å²) >= 11 is 0. The SMILES string of the molecule is CC(C)(C)c1cc(C2=N[C@@H](C3CCCC3)CO2)cc(-c2cccc3c2nc(-c2ccccc2O)n3C(C)(C)C)c1. The maximum absolute atomic E-state index is 10.8. The van der Waals surface area contributed by atoms with E-state index in [-0.39, 0.29) is 22.7 Å². The van der Waals surface area contributed by atoms with Gasteiger partial charge in [-0.15, -0.1) is 0 Å². The highest BCUT2D eigenvalue weighted by atomic mass is 16.5. The lowest BCUT2D eigenvalue weighted by molar-refractivity contribution is 0.279. The van der Waals surface area contributed by atoms with Gasteiger partial charge in [-0.25, -0.2) is 9.98 Å². The van der Waals surface area contributed by atoms with E-state index in [1.165, 1.54) is 31.2 Å². The van der Waals surface area contributed by atoms with E-state index in [2.05, 4.69) is 82.5 Å². The molecule has 3 aromatic carbocycles. The Morgan fingerprint density at radius 2 is 1.55 bits per heavy atom. The van der Waals surface area contributed by atoms with Crippen molar-refractivity contribution in [2.45, 2.75) is 84.2 Å². The van der Waals surface area contributed by atoms with Crippen LogP contribution in [-0.2, 0) is 15.7 Å². The van der Waals surface area contributed by atoms with Crippen molar-refractivity contribution >= 4 is 16.9 Å². The molecule has 1 aliphatic heterocycles. The van der Waals surface area contributed by atoms with Gasteiger partial charge in [0, 0.05) is 16.7 Å². The van der Waals surface area contributed by atoms with E-state index in [0.29, 0.717) is 12.5 Å². The van der Waals surface area contributed by atoms with Crippen molar-refractivity contribution in [3.05, 3.63) is 71.8 Å². The van der Waals surface area contributed by atoms with Gasteiger partial charge >= 0.3 is 0 Å². The van der Waals surface area contributed by atoms with Gasteiger partial charge in [0.1, 0.15) is 18.2 Å². The zero-order chi connectivity index (χ0) is 28.2. The van der Waals surface area contributed by atoms with Gasteiger partial charge in [-0.1, -0.05) is 63.9 Å². The number of hydrogen-bond acceptors (Lipinski definition) is 4. The van der Waals surface area contributed by atoms with Crippen LogP contribution in [0.2, 0.25) is 0 Å². The molecule has 0 amide bonds. The molecular weight excluding hydrogens is 494 g/mol. The van der Waals surface area contributed by atoms with Crippen molar-refractivity contribution in [2.75, 3.05) is 6.61 Å². The Morgan fingerprint density at radius 3 is 2.25 bits per heavy atom. The predicted octanol–water partition coefficient (Wildman–Crippen LogP) is 8.46. The third-order valence-corrected chi connectivity index (χ3v) is 8.48. The average molecular weight is 536 g/mol. The number of benzene rings is 3. The van der Waals surface area contributed by atoms with E-state index in [1.54, 1.807) is 6.07 Å². The summed E-state index contributed by atoms with van der Waals surface area (Å²) in [7, 11) is 0. The van der Waals surface area contributed by atoms with Crippen LogP contribution in [0.4, 0.5) is 0 Å². The second kappa shape index (κ2) is 9.79. The molecule has 1 atom stereocenters. The van der Waals surface area contributed by atoms with Crippen LogP contribution in [0.3, 0.4) is 0 Å². The van der Waals surface area contributed by atoms with Crippen LogP contribution < -0.4 is 0 Å². The second-order valence-corrected chi connectivity index (χ2v) is 13.5. The fraction of sp³-hybridized carbons (Fsp3) is 0.429. The maximum Gasteiger partial charge on any atom is 0.216 e. The molecule has 4 aromatic rings. The van der Waals surface area contributed by atoms with Crippen molar-refractivity contribution in [3.63, 3.8) is 0 Å². The minimum atomic E-state index is -0.245. The van der Waals surface area contributed by atoms with Gasteiger partial charge < -0.3 is 14.4 Å². The number of para-hydroxylation sites is 2. The van der Waals surface area contributed by atoms with E-state index in [9.17, 15) is 5.11 Å². The van der Waals surface area contributed by atoms with Crippen molar-refractivity contribution in [2.24, 2.45) is 10.9 Å². The van der Waals surface area contributed by atoms with E-state index in [4.69, 9.17) is 14.7 Å². The molecule has 0 spiro atoms. The first-order chi connectivity index (χ1) is 19.0. The van der Waals surface area contributed by atoms with E-state index >= 15 is 0 Å². The minimum Gasteiger partial charge on any atom is -0.507 e. The Bertz CT molecular complexity index is 1590. The highest BCUT2D eigenvalue weighted by Crippen LogP contribution is 2.40. The molecule has 1 aromatic heterocycles. The van der Waals surface area contributed by atoms with E-state index in [0.717, 1.165) is 45.0 Å². The monoisotopic (exact) mass is 535 g/mol. The number of fused-ring (bicyclic) bond motifs is 1. The zero-order valence-corrected chi connectivity index (χ0v) is 24.7. The minimum absolute atomic E-state index is 0.0472. The number of hydrogen-bond donors (Lipinski definition) is 1. The molecular formula is C35H41N3O2. The lowest BCUT2D eigenvalue weighted by atomic mass is 9.84. The summed E-state index contributed by atoms with van der Waals surface area (Å²) < 4.78 is 8.49. The summed E-state index contributed by atoms with van der Waals surface area (Å²) in [5, 5.41) is 10.8. The van der Waals surface area contributed by atoms with Gasteiger partial charge in [0.25, 0.3) is 0 Å². The fourth-order valence-corrected chi connectivity index (χ4v) is 6.33. The molecule has 1 N–H and O–H groups in total. The number of phenolic OH excluding ortho intramolecular Hbond substituents is 1. The van der Waals surface area contributed by atoms with E-state index in [1.807, 2.05) is 18.2 Å². The average Bonchev–Trinajstić information content (AvgIpc) is 3.67. The van der Waals surface area contributed by atoms with E-state index < -0.39 is 0 Å². The molecule has 0 radical (unpaired) electrons. The highest BCUT2D eigenvalue weighted by molar-refractivity contribution is 5.99. The molecule has 1 saturated carbocycles. The summed E-state index contributed by atoms with van der Waals surface area (Å²) in [5.74, 6) is 2.41. The smallest absolute Gasteiger partial charge is 0.216 e. The lowest BCUT2D eigenvalue weighted by Crippen LogP contribution is -2.22. The van der Waals surface area contributed by atoms with Crippen molar-refractivity contribution < 1.29 is 9.84 Å². The quantitative estimate of drug-likeness (QED) is 0.285. The number of imidazole rings is 1. The van der Waals surface area contributed by atoms with Crippen LogP contribution >= 0.6 is 0 Å².